The van der Waals surface area contributed by atoms with Crippen molar-refractivity contribution in [1.82, 2.24) is 19.9 Å². The molecule has 192 valence electrons. The lowest BCUT2D eigenvalue weighted by Gasteiger charge is -2.35. The maximum absolute atomic E-state index is 15.6. The van der Waals surface area contributed by atoms with Gasteiger partial charge in [0.1, 0.15) is 11.4 Å². The van der Waals surface area contributed by atoms with Gasteiger partial charge in [-0.3, -0.25) is 9.78 Å². The quantitative estimate of drug-likeness (QED) is 0.404. The molecule has 0 unspecified atom stereocenters. The van der Waals surface area contributed by atoms with Gasteiger partial charge in [0.05, 0.1) is 25.9 Å². The molecule has 0 radical (unpaired) electrons. The van der Waals surface area contributed by atoms with Crippen molar-refractivity contribution in [2.45, 2.75) is 19.8 Å². The highest BCUT2D eigenvalue weighted by Crippen LogP contribution is 2.39. The highest BCUT2D eigenvalue weighted by Gasteiger charge is 2.27. The van der Waals surface area contributed by atoms with E-state index in [1.807, 2.05) is 38.1 Å². The Bertz CT molecular complexity index is 1440. The SMILES string of the molecule is COc1cnccc1-c1cc(C(C)C)c(F)c2[nH]c(C(=O)N3CCN(c4ncccc4OC)CC3)cc12. The van der Waals surface area contributed by atoms with Crippen LogP contribution >= 0.6 is 0 Å². The molecule has 0 atom stereocenters. The van der Waals surface area contributed by atoms with Crippen LogP contribution in [0.4, 0.5) is 10.2 Å². The molecule has 5 rings (SSSR count). The second-order valence-corrected chi connectivity index (χ2v) is 9.34. The number of H-pyrrole nitrogens is 1. The van der Waals surface area contributed by atoms with E-state index in [0.29, 0.717) is 59.8 Å². The summed E-state index contributed by atoms with van der Waals surface area (Å²) in [5, 5.41) is 0.631. The van der Waals surface area contributed by atoms with Crippen molar-refractivity contribution in [3.63, 3.8) is 0 Å². The first-order valence-corrected chi connectivity index (χ1v) is 12.3. The zero-order valence-electron chi connectivity index (χ0n) is 21.4. The number of aromatic nitrogens is 3. The molecule has 0 bridgehead atoms. The lowest BCUT2D eigenvalue weighted by molar-refractivity contribution is 0.0741. The van der Waals surface area contributed by atoms with Crippen LogP contribution in [0.5, 0.6) is 11.5 Å². The van der Waals surface area contributed by atoms with Gasteiger partial charge in [-0.15, -0.1) is 0 Å². The van der Waals surface area contributed by atoms with Gasteiger partial charge in [-0.25, -0.2) is 9.37 Å². The predicted molar refractivity (Wildman–Crippen MR) is 141 cm³/mol. The van der Waals surface area contributed by atoms with E-state index in [1.165, 1.54) is 0 Å². The van der Waals surface area contributed by atoms with E-state index in [-0.39, 0.29) is 17.6 Å². The summed E-state index contributed by atoms with van der Waals surface area (Å²) in [6, 6.07) is 9.14. The number of anilines is 1. The van der Waals surface area contributed by atoms with Crippen molar-refractivity contribution in [3.05, 3.63) is 66.0 Å². The molecular formula is C28H30FN5O3. The van der Waals surface area contributed by atoms with Crippen molar-refractivity contribution in [2.24, 2.45) is 0 Å². The van der Waals surface area contributed by atoms with Crippen LogP contribution in [0.25, 0.3) is 22.0 Å². The smallest absolute Gasteiger partial charge is 0.270 e. The van der Waals surface area contributed by atoms with E-state index < -0.39 is 0 Å². The molecule has 1 fully saturated rings. The average Bonchev–Trinajstić information content (AvgIpc) is 3.39. The Morgan fingerprint density at radius 2 is 1.78 bits per heavy atom. The number of amides is 1. The number of halogens is 1. The summed E-state index contributed by atoms with van der Waals surface area (Å²) >= 11 is 0. The van der Waals surface area contributed by atoms with Crippen molar-refractivity contribution in [2.75, 3.05) is 45.3 Å². The molecule has 1 aliphatic rings. The Morgan fingerprint density at radius 1 is 1.03 bits per heavy atom. The van der Waals surface area contributed by atoms with Crippen LogP contribution in [-0.2, 0) is 0 Å². The van der Waals surface area contributed by atoms with Crippen LogP contribution in [0.1, 0.15) is 35.8 Å². The molecule has 1 aliphatic heterocycles. The molecule has 0 aliphatic carbocycles. The van der Waals surface area contributed by atoms with E-state index >= 15 is 4.39 Å². The van der Waals surface area contributed by atoms with Gasteiger partial charge in [-0.2, -0.15) is 0 Å². The Kier molecular flexibility index (Phi) is 6.69. The number of carbonyl (C=O) groups is 1. The summed E-state index contributed by atoms with van der Waals surface area (Å²) in [5.41, 5.74) is 2.83. The molecule has 1 amide bonds. The number of piperazine rings is 1. The predicted octanol–water partition coefficient (Wildman–Crippen LogP) is 4.87. The highest BCUT2D eigenvalue weighted by atomic mass is 19.1. The maximum atomic E-state index is 15.6. The second kappa shape index (κ2) is 10.1. The Balaban J connectivity index is 1.48. The fraction of sp³-hybridized carbons (Fsp3) is 0.321. The van der Waals surface area contributed by atoms with Gasteiger partial charge in [0.15, 0.2) is 17.4 Å². The Hall–Kier alpha value is -4.14. The van der Waals surface area contributed by atoms with Crippen LogP contribution in [0.15, 0.2) is 48.9 Å². The van der Waals surface area contributed by atoms with Crippen LogP contribution in [0.2, 0.25) is 0 Å². The van der Waals surface area contributed by atoms with Crippen molar-refractivity contribution >= 4 is 22.6 Å². The van der Waals surface area contributed by atoms with E-state index in [1.54, 1.807) is 43.8 Å². The van der Waals surface area contributed by atoms with Crippen molar-refractivity contribution in [1.29, 1.82) is 0 Å². The topological polar surface area (TPSA) is 83.6 Å². The number of nitrogens with one attached hydrogen (secondary N) is 1. The summed E-state index contributed by atoms with van der Waals surface area (Å²) in [6.07, 6.45) is 5.04. The molecule has 1 aromatic carbocycles. The molecular weight excluding hydrogens is 473 g/mol. The number of carbonyl (C=O) groups excluding carboxylic acids is 1. The summed E-state index contributed by atoms with van der Waals surface area (Å²) in [5.74, 6) is 1.50. The lowest BCUT2D eigenvalue weighted by Crippen LogP contribution is -2.49. The molecule has 0 saturated carbocycles. The fourth-order valence-corrected chi connectivity index (χ4v) is 4.88. The number of benzene rings is 1. The molecule has 9 heteroatoms. The van der Waals surface area contributed by atoms with Crippen LogP contribution in [0.3, 0.4) is 0 Å². The molecule has 1 saturated heterocycles. The van der Waals surface area contributed by atoms with Gasteiger partial charge in [0, 0.05) is 49.5 Å². The highest BCUT2D eigenvalue weighted by molar-refractivity contribution is 6.04. The number of rotatable bonds is 6. The molecule has 4 heterocycles. The number of nitrogens with zero attached hydrogens (tertiary/aromatic N) is 4. The third kappa shape index (κ3) is 4.45. The van der Waals surface area contributed by atoms with Crippen LogP contribution in [-0.4, -0.2) is 66.2 Å². The number of ether oxygens (including phenoxy) is 2. The zero-order valence-corrected chi connectivity index (χ0v) is 21.4. The molecule has 1 N–H and O–H groups in total. The summed E-state index contributed by atoms with van der Waals surface area (Å²) in [4.78, 5) is 29.1. The summed E-state index contributed by atoms with van der Waals surface area (Å²) in [7, 11) is 3.20. The third-order valence-electron chi connectivity index (χ3n) is 6.86. The van der Waals surface area contributed by atoms with Gasteiger partial charge in [0.2, 0.25) is 0 Å². The zero-order chi connectivity index (χ0) is 26.1. The van der Waals surface area contributed by atoms with Crippen LogP contribution in [0, 0.1) is 5.82 Å². The van der Waals surface area contributed by atoms with E-state index in [2.05, 4.69) is 19.9 Å². The van der Waals surface area contributed by atoms with Crippen LogP contribution < -0.4 is 14.4 Å². The fourth-order valence-electron chi connectivity index (χ4n) is 4.88. The second-order valence-electron chi connectivity index (χ2n) is 9.34. The monoisotopic (exact) mass is 503 g/mol. The minimum Gasteiger partial charge on any atom is -0.494 e. The minimum absolute atomic E-state index is 0.0462. The third-order valence-corrected chi connectivity index (χ3v) is 6.86. The number of aromatic amines is 1. The van der Waals surface area contributed by atoms with Gasteiger partial charge >= 0.3 is 0 Å². The first-order valence-electron chi connectivity index (χ1n) is 12.3. The Labute approximate surface area is 215 Å². The molecule has 0 spiro atoms. The molecule has 37 heavy (non-hydrogen) atoms. The molecule has 3 aromatic heterocycles. The Morgan fingerprint density at radius 3 is 2.49 bits per heavy atom. The first-order chi connectivity index (χ1) is 17.9. The summed E-state index contributed by atoms with van der Waals surface area (Å²) in [6.45, 7) is 6.15. The van der Waals surface area contributed by atoms with E-state index in [0.717, 1.165) is 16.9 Å². The average molecular weight is 504 g/mol. The number of methoxy groups -OCH3 is 2. The normalized spacial score (nSPS) is 13.9. The van der Waals surface area contributed by atoms with E-state index in [4.69, 9.17) is 9.47 Å². The molecule has 4 aromatic rings. The number of hydrogen-bond acceptors (Lipinski definition) is 6. The van der Waals surface area contributed by atoms with Crippen molar-refractivity contribution < 1.29 is 18.7 Å². The summed E-state index contributed by atoms with van der Waals surface area (Å²) < 4.78 is 26.6. The van der Waals surface area contributed by atoms with Gasteiger partial charge in [0.25, 0.3) is 5.91 Å². The number of pyridine rings is 2. The standard InChI is InChI=1S/C28H30FN5O3/c1-17(2)19-14-20(18-7-9-30-16-24(18)37-4)21-15-22(32-26(21)25(19)29)28(35)34-12-10-33(11-13-34)27-23(36-3)6-5-8-31-27/h5-9,14-17,32H,10-13H2,1-4H3. The lowest BCUT2D eigenvalue weighted by atomic mass is 9.93. The van der Waals surface area contributed by atoms with Crippen molar-refractivity contribution in [3.8, 4) is 22.6 Å². The van der Waals surface area contributed by atoms with Gasteiger partial charge < -0.3 is 24.3 Å². The van der Waals surface area contributed by atoms with E-state index in [9.17, 15) is 4.79 Å². The van der Waals surface area contributed by atoms with Gasteiger partial charge in [-0.1, -0.05) is 13.8 Å². The first kappa shape index (κ1) is 24.5. The maximum Gasteiger partial charge on any atom is 0.270 e. The minimum atomic E-state index is -0.340. The number of hydrogen-bond donors (Lipinski definition) is 1. The van der Waals surface area contributed by atoms with Gasteiger partial charge in [-0.05, 0) is 47.4 Å². The molecule has 8 nitrogen and oxygen atoms in total. The largest absolute Gasteiger partial charge is 0.494 e. The number of fused-ring (bicyclic) bond motifs is 1.